The van der Waals surface area contributed by atoms with Gasteiger partial charge in [-0.15, -0.1) is 0 Å². The Balaban J connectivity index is 1.37. The molecule has 162 valence electrons. The van der Waals surface area contributed by atoms with E-state index in [0.717, 1.165) is 49.1 Å². The van der Waals surface area contributed by atoms with E-state index < -0.39 is 0 Å². The highest BCUT2D eigenvalue weighted by Crippen LogP contribution is 2.28. The average Bonchev–Trinajstić information content (AvgIpc) is 2.77. The van der Waals surface area contributed by atoms with E-state index in [0.29, 0.717) is 11.1 Å². The van der Waals surface area contributed by atoms with E-state index in [4.69, 9.17) is 4.74 Å². The molecular weight excluding hydrogens is 393 g/mol. The number of halogens is 1. The Kier molecular flexibility index (Phi) is 6.47. The number of ether oxygens (including phenoxy) is 1. The summed E-state index contributed by atoms with van der Waals surface area (Å²) in [5.41, 5.74) is 2.70. The van der Waals surface area contributed by atoms with Gasteiger partial charge in [0, 0.05) is 30.4 Å². The van der Waals surface area contributed by atoms with E-state index in [1.54, 1.807) is 18.3 Å². The number of amides is 1. The summed E-state index contributed by atoms with van der Waals surface area (Å²) in [6, 6.07) is 14.0. The number of piperidine rings is 1. The number of hydrogen-bond donors (Lipinski definition) is 1. The molecule has 0 aliphatic carbocycles. The lowest BCUT2D eigenvalue weighted by atomic mass is 10.0. The monoisotopic (exact) mass is 421 g/mol. The maximum absolute atomic E-state index is 13.7. The van der Waals surface area contributed by atoms with Gasteiger partial charge in [-0.3, -0.25) is 14.7 Å². The number of carbonyl (C=O) groups excluding carboxylic acids is 1. The molecule has 0 radical (unpaired) electrons. The Morgan fingerprint density at radius 2 is 1.94 bits per heavy atom. The molecule has 1 unspecified atom stereocenters. The number of hydrogen-bond acceptors (Lipinski definition) is 4. The van der Waals surface area contributed by atoms with Crippen LogP contribution < -0.4 is 10.1 Å². The summed E-state index contributed by atoms with van der Waals surface area (Å²) in [6.45, 7) is 5.63. The molecular formula is C25H28FN3O2. The first-order valence-corrected chi connectivity index (χ1v) is 10.9. The van der Waals surface area contributed by atoms with Crippen LogP contribution in [-0.4, -0.2) is 41.0 Å². The lowest BCUT2D eigenvalue weighted by Crippen LogP contribution is -2.49. The second-order valence-electron chi connectivity index (χ2n) is 8.10. The molecule has 1 amide bonds. The molecule has 1 aliphatic heterocycles. The third kappa shape index (κ3) is 5.02. The van der Waals surface area contributed by atoms with Crippen molar-refractivity contribution in [2.75, 3.05) is 18.4 Å². The molecule has 3 aromatic rings. The second-order valence-corrected chi connectivity index (χ2v) is 8.10. The van der Waals surface area contributed by atoms with Crippen LogP contribution in [0.4, 0.5) is 10.1 Å². The minimum absolute atomic E-state index is 0.0290. The summed E-state index contributed by atoms with van der Waals surface area (Å²) in [5, 5.41) is 3.73. The highest BCUT2D eigenvalue weighted by molar-refractivity contribution is 5.94. The van der Waals surface area contributed by atoms with E-state index in [9.17, 15) is 9.18 Å². The molecule has 1 atom stereocenters. The van der Waals surface area contributed by atoms with Crippen molar-refractivity contribution in [1.82, 2.24) is 9.88 Å². The molecule has 6 heteroatoms. The van der Waals surface area contributed by atoms with Gasteiger partial charge in [-0.05, 0) is 62.6 Å². The van der Waals surface area contributed by atoms with Crippen molar-refractivity contribution in [3.05, 3.63) is 66.1 Å². The maximum Gasteiger partial charge on any atom is 0.241 e. The Hall–Kier alpha value is -2.99. The van der Waals surface area contributed by atoms with E-state index >= 15 is 0 Å². The van der Waals surface area contributed by atoms with Crippen LogP contribution in [0.1, 0.15) is 31.7 Å². The van der Waals surface area contributed by atoms with Gasteiger partial charge >= 0.3 is 0 Å². The van der Waals surface area contributed by atoms with Crippen molar-refractivity contribution in [2.24, 2.45) is 0 Å². The lowest BCUT2D eigenvalue weighted by Gasteiger charge is -2.36. The average molecular weight is 422 g/mol. The first-order valence-electron chi connectivity index (χ1n) is 10.9. The van der Waals surface area contributed by atoms with Crippen LogP contribution in [0.25, 0.3) is 10.9 Å². The molecule has 31 heavy (non-hydrogen) atoms. The van der Waals surface area contributed by atoms with Crippen LogP contribution in [0.2, 0.25) is 0 Å². The summed E-state index contributed by atoms with van der Waals surface area (Å²) >= 11 is 0. The van der Waals surface area contributed by atoms with Gasteiger partial charge in [0.1, 0.15) is 17.7 Å². The molecule has 0 saturated carbocycles. The molecule has 1 aliphatic rings. The number of carbonyl (C=O) groups is 1. The van der Waals surface area contributed by atoms with Crippen LogP contribution in [0.3, 0.4) is 0 Å². The predicted octanol–water partition coefficient (Wildman–Crippen LogP) is 4.94. The van der Waals surface area contributed by atoms with Gasteiger partial charge in [-0.2, -0.15) is 0 Å². The molecule has 2 heterocycles. The lowest BCUT2D eigenvalue weighted by molar-refractivity contribution is -0.122. The largest absolute Gasteiger partial charge is 0.490 e. The minimum Gasteiger partial charge on any atom is -0.490 e. The number of anilines is 1. The standard InChI is InChI=1S/C25H28FN3O2/c1-3-23(25(30)28-19-7-4-17(2)5-8-19)29-14-11-20(12-15-29)31-24-10-13-27-22-9-6-18(26)16-21(22)24/h4-10,13,16,20,23H,3,11-12,14-15H2,1-2H3,(H,28,30). The summed E-state index contributed by atoms with van der Waals surface area (Å²) in [7, 11) is 0. The molecule has 5 nitrogen and oxygen atoms in total. The van der Waals surface area contributed by atoms with Gasteiger partial charge in [0.25, 0.3) is 0 Å². The van der Waals surface area contributed by atoms with Crippen LogP contribution in [0.15, 0.2) is 54.7 Å². The maximum atomic E-state index is 13.7. The number of nitrogens with zero attached hydrogens (tertiary/aromatic N) is 2. The van der Waals surface area contributed by atoms with E-state index in [2.05, 4.69) is 15.2 Å². The van der Waals surface area contributed by atoms with Crippen LogP contribution in [-0.2, 0) is 4.79 Å². The van der Waals surface area contributed by atoms with E-state index in [1.165, 1.54) is 12.1 Å². The second kappa shape index (κ2) is 9.43. The van der Waals surface area contributed by atoms with Crippen molar-refractivity contribution in [2.45, 2.75) is 45.3 Å². The van der Waals surface area contributed by atoms with Gasteiger partial charge in [-0.1, -0.05) is 24.6 Å². The SMILES string of the molecule is CCC(C(=O)Nc1ccc(C)cc1)N1CCC(Oc2ccnc3ccc(F)cc23)CC1. The fourth-order valence-electron chi connectivity index (χ4n) is 4.15. The molecule has 1 fully saturated rings. The number of nitrogens with one attached hydrogen (secondary N) is 1. The number of fused-ring (bicyclic) bond motifs is 1. The number of benzene rings is 2. The van der Waals surface area contributed by atoms with Crippen molar-refractivity contribution in [1.29, 1.82) is 0 Å². The number of aryl methyl sites for hydroxylation is 1. The van der Waals surface area contributed by atoms with Crippen LogP contribution in [0, 0.1) is 12.7 Å². The fraction of sp³-hybridized carbons (Fsp3) is 0.360. The van der Waals surface area contributed by atoms with Crippen LogP contribution >= 0.6 is 0 Å². The first kappa shape index (κ1) is 21.2. The zero-order valence-corrected chi connectivity index (χ0v) is 18.0. The summed E-state index contributed by atoms with van der Waals surface area (Å²) in [4.78, 5) is 19.4. The van der Waals surface area contributed by atoms with Gasteiger partial charge in [0.2, 0.25) is 5.91 Å². The number of pyridine rings is 1. The zero-order chi connectivity index (χ0) is 21.8. The third-order valence-corrected chi connectivity index (χ3v) is 5.88. The van der Waals surface area contributed by atoms with Gasteiger partial charge in [-0.25, -0.2) is 4.39 Å². The fourth-order valence-corrected chi connectivity index (χ4v) is 4.15. The van der Waals surface area contributed by atoms with Crippen LogP contribution in [0.5, 0.6) is 5.75 Å². The van der Waals surface area contributed by atoms with E-state index in [1.807, 2.05) is 38.1 Å². The summed E-state index contributed by atoms with van der Waals surface area (Å²) in [6.07, 6.45) is 4.09. The molecule has 2 aromatic carbocycles. The van der Waals surface area contributed by atoms with Gasteiger partial charge < -0.3 is 10.1 Å². The smallest absolute Gasteiger partial charge is 0.241 e. The molecule has 0 spiro atoms. The van der Waals surface area contributed by atoms with Gasteiger partial charge in [0.05, 0.1) is 11.6 Å². The van der Waals surface area contributed by atoms with Gasteiger partial charge in [0.15, 0.2) is 0 Å². The highest BCUT2D eigenvalue weighted by atomic mass is 19.1. The van der Waals surface area contributed by atoms with Crippen molar-refractivity contribution < 1.29 is 13.9 Å². The Bertz CT molecular complexity index is 1050. The third-order valence-electron chi connectivity index (χ3n) is 5.88. The molecule has 1 saturated heterocycles. The number of rotatable bonds is 6. The van der Waals surface area contributed by atoms with Crippen molar-refractivity contribution >= 4 is 22.5 Å². The van der Waals surface area contributed by atoms with Crippen molar-refractivity contribution in [3.8, 4) is 5.75 Å². The molecule has 0 bridgehead atoms. The Morgan fingerprint density at radius 3 is 2.65 bits per heavy atom. The normalized spacial score (nSPS) is 16.2. The number of aromatic nitrogens is 1. The molecule has 1 aromatic heterocycles. The quantitative estimate of drug-likeness (QED) is 0.612. The predicted molar refractivity (Wildman–Crippen MR) is 121 cm³/mol. The Morgan fingerprint density at radius 1 is 1.19 bits per heavy atom. The van der Waals surface area contributed by atoms with E-state index in [-0.39, 0.29) is 23.9 Å². The van der Waals surface area contributed by atoms with Crippen molar-refractivity contribution in [3.63, 3.8) is 0 Å². The number of likely N-dealkylation sites (tertiary alicyclic amines) is 1. The molecule has 4 rings (SSSR count). The Labute approximate surface area is 182 Å². The first-order chi connectivity index (χ1) is 15.0. The summed E-state index contributed by atoms with van der Waals surface area (Å²) in [5.74, 6) is 0.388. The highest BCUT2D eigenvalue weighted by Gasteiger charge is 2.29. The summed E-state index contributed by atoms with van der Waals surface area (Å²) < 4.78 is 19.9. The molecule has 1 N–H and O–H groups in total. The zero-order valence-electron chi connectivity index (χ0n) is 18.0. The topological polar surface area (TPSA) is 54.5 Å². The minimum atomic E-state index is -0.300.